The van der Waals surface area contributed by atoms with Crippen LogP contribution in [0.2, 0.25) is 0 Å². The molecule has 0 aliphatic heterocycles. The average Bonchev–Trinajstić information content (AvgIpc) is 3.36. The summed E-state index contributed by atoms with van der Waals surface area (Å²) in [5, 5.41) is 14.4. The summed E-state index contributed by atoms with van der Waals surface area (Å²) in [5.74, 6) is 1.47. The van der Waals surface area contributed by atoms with Gasteiger partial charge in [-0.3, -0.25) is 0 Å². The molecular weight excluding hydrogens is 348 g/mol. The van der Waals surface area contributed by atoms with E-state index in [1.54, 1.807) is 0 Å². The Hall–Kier alpha value is -3.16. The third-order valence-corrected chi connectivity index (χ3v) is 4.79. The lowest BCUT2D eigenvalue weighted by Crippen LogP contribution is -2.32. The molecule has 0 aromatic carbocycles. The van der Waals surface area contributed by atoms with Gasteiger partial charge in [0.05, 0.1) is 12.4 Å². The first-order chi connectivity index (χ1) is 13.2. The highest BCUT2D eigenvalue weighted by Gasteiger charge is 2.33. The number of rotatable bonds is 6. The minimum Gasteiger partial charge on any atom is -0.856 e. The zero-order valence-electron chi connectivity index (χ0n) is 14.4. The summed E-state index contributed by atoms with van der Waals surface area (Å²) >= 11 is 0. The van der Waals surface area contributed by atoms with E-state index in [0.717, 1.165) is 31.6 Å². The van der Waals surface area contributed by atoms with Gasteiger partial charge in [-0.25, -0.2) is 15.0 Å². The Kier molecular flexibility index (Phi) is 3.88. The topological polar surface area (TPSA) is 106 Å². The van der Waals surface area contributed by atoms with Gasteiger partial charge >= 0.3 is 0 Å². The van der Waals surface area contributed by atoms with Gasteiger partial charge in [-0.1, -0.05) is 5.16 Å². The van der Waals surface area contributed by atoms with Crippen LogP contribution in [0.5, 0.6) is 17.6 Å². The molecule has 2 aliphatic rings. The molecule has 5 rings (SSSR count). The molecule has 2 aliphatic carbocycles. The van der Waals surface area contributed by atoms with E-state index in [0.29, 0.717) is 29.4 Å². The molecule has 0 unspecified atom stereocenters. The van der Waals surface area contributed by atoms with Crippen molar-refractivity contribution in [1.82, 2.24) is 20.1 Å². The number of nitrogens with zero attached hydrogens (tertiary/aromatic N) is 4. The Morgan fingerprint density at radius 1 is 0.963 bits per heavy atom. The first-order valence-electron chi connectivity index (χ1n) is 8.98. The molecule has 3 heterocycles. The second kappa shape index (κ2) is 6.53. The van der Waals surface area contributed by atoms with Gasteiger partial charge in [-0.15, -0.1) is 0 Å². The van der Waals surface area contributed by atoms with Crippen molar-refractivity contribution in [2.45, 2.75) is 43.8 Å². The van der Waals surface area contributed by atoms with Gasteiger partial charge in [-0.05, 0) is 43.2 Å². The Balaban J connectivity index is 1.17. The zero-order valence-corrected chi connectivity index (χ0v) is 14.4. The molecular formula is C19H17N4O4-. The van der Waals surface area contributed by atoms with Crippen molar-refractivity contribution >= 4 is 0 Å². The van der Waals surface area contributed by atoms with E-state index in [9.17, 15) is 5.11 Å². The molecule has 8 nitrogen and oxygen atoms in total. The fourth-order valence-corrected chi connectivity index (χ4v) is 3.09. The van der Waals surface area contributed by atoms with E-state index >= 15 is 0 Å². The maximum absolute atomic E-state index is 11.1. The van der Waals surface area contributed by atoms with Gasteiger partial charge in [0.2, 0.25) is 11.8 Å². The molecule has 0 saturated heterocycles. The van der Waals surface area contributed by atoms with Crippen LogP contribution < -0.4 is 14.6 Å². The lowest BCUT2D eigenvalue weighted by atomic mass is 9.78. The molecule has 3 aromatic rings. The highest BCUT2D eigenvalue weighted by atomic mass is 16.5. The quantitative estimate of drug-likeness (QED) is 0.656. The summed E-state index contributed by atoms with van der Waals surface area (Å²) in [6.07, 6.45) is 9.38. The van der Waals surface area contributed by atoms with Gasteiger partial charge in [0.25, 0.3) is 0 Å². The van der Waals surface area contributed by atoms with E-state index in [2.05, 4.69) is 20.1 Å². The maximum atomic E-state index is 11.1. The van der Waals surface area contributed by atoms with Crippen molar-refractivity contribution in [1.29, 1.82) is 0 Å². The van der Waals surface area contributed by atoms with Crippen LogP contribution in [0.3, 0.4) is 0 Å². The Morgan fingerprint density at radius 2 is 1.81 bits per heavy atom. The van der Waals surface area contributed by atoms with Crippen molar-refractivity contribution < 1.29 is 19.1 Å². The lowest BCUT2D eigenvalue weighted by molar-refractivity contribution is -0.277. The molecule has 0 bridgehead atoms. The highest BCUT2D eigenvalue weighted by Crippen LogP contribution is 2.40. The first kappa shape index (κ1) is 16.0. The number of hydrogen-bond donors (Lipinski definition) is 0. The van der Waals surface area contributed by atoms with E-state index in [1.807, 2.05) is 18.3 Å². The second-order valence-corrected chi connectivity index (χ2v) is 6.92. The molecule has 3 aromatic heterocycles. The summed E-state index contributed by atoms with van der Waals surface area (Å²) < 4.78 is 16.5. The molecule has 8 heteroatoms. The number of aromatic nitrogens is 4. The number of pyridine rings is 1. The third-order valence-electron chi connectivity index (χ3n) is 4.79. The molecule has 2 fully saturated rings. The maximum Gasteiger partial charge on any atom is 0.232 e. The van der Waals surface area contributed by atoms with E-state index in [4.69, 9.17) is 14.0 Å². The predicted molar refractivity (Wildman–Crippen MR) is 91.3 cm³/mol. The highest BCUT2D eigenvalue weighted by molar-refractivity contribution is 5.51. The van der Waals surface area contributed by atoms with Gasteiger partial charge in [0.15, 0.2) is 5.76 Å². The van der Waals surface area contributed by atoms with Gasteiger partial charge in [0, 0.05) is 24.2 Å². The summed E-state index contributed by atoms with van der Waals surface area (Å²) in [5.41, 5.74) is 1.68. The predicted octanol–water partition coefficient (Wildman–Crippen LogP) is 2.47. The van der Waals surface area contributed by atoms with Crippen LogP contribution in [0, 0.1) is 0 Å². The fraction of sp³-hybridized carbons (Fsp3) is 0.368. The number of ether oxygens (including phenoxy) is 2. The van der Waals surface area contributed by atoms with Crippen molar-refractivity contribution in [2.75, 3.05) is 0 Å². The van der Waals surface area contributed by atoms with Crippen LogP contribution in [0.15, 0.2) is 41.3 Å². The summed E-state index contributed by atoms with van der Waals surface area (Å²) in [6.45, 7) is 0. The summed E-state index contributed by atoms with van der Waals surface area (Å²) in [7, 11) is 0. The SMILES string of the molecule is [O-]c1cc(-c2cnc(OC3CC(c4ccnc(OC5CC5)c4)C3)cn2)on1. The monoisotopic (exact) mass is 365 g/mol. The normalized spacial score (nSPS) is 21.5. The van der Waals surface area contributed by atoms with Crippen LogP contribution in [0.1, 0.15) is 37.2 Å². The molecule has 0 amide bonds. The Bertz CT molecular complexity index is 933. The zero-order chi connectivity index (χ0) is 18.2. The largest absolute Gasteiger partial charge is 0.856 e. The molecule has 27 heavy (non-hydrogen) atoms. The third kappa shape index (κ3) is 3.55. The van der Waals surface area contributed by atoms with Crippen LogP contribution in [0.25, 0.3) is 11.5 Å². The molecule has 0 radical (unpaired) electrons. The van der Waals surface area contributed by atoms with Gasteiger partial charge in [0.1, 0.15) is 17.9 Å². The first-order valence-corrected chi connectivity index (χ1v) is 8.98. The summed E-state index contributed by atoms with van der Waals surface area (Å²) in [4.78, 5) is 12.7. The van der Waals surface area contributed by atoms with Gasteiger partial charge < -0.3 is 19.1 Å². The molecule has 2 saturated carbocycles. The molecule has 0 atom stereocenters. The van der Waals surface area contributed by atoms with Crippen molar-refractivity contribution in [3.63, 3.8) is 0 Å². The second-order valence-electron chi connectivity index (χ2n) is 6.92. The van der Waals surface area contributed by atoms with Crippen LogP contribution in [0.4, 0.5) is 0 Å². The fourth-order valence-electron chi connectivity index (χ4n) is 3.09. The standard InChI is InChI=1S/C19H18N4O4/c24-17-8-16(27-23-17)15-9-22-19(10-21-15)26-14-5-12(6-14)11-3-4-20-18(7-11)25-13-1-2-13/h3-4,7-10,12-14H,1-2,5-6H2,(H,23,24)/p-1. The van der Waals surface area contributed by atoms with E-state index in [1.165, 1.54) is 24.0 Å². The van der Waals surface area contributed by atoms with Crippen LogP contribution in [-0.2, 0) is 0 Å². The van der Waals surface area contributed by atoms with Crippen LogP contribution in [-0.4, -0.2) is 32.3 Å². The number of hydrogen-bond acceptors (Lipinski definition) is 8. The Labute approximate surface area is 155 Å². The van der Waals surface area contributed by atoms with E-state index < -0.39 is 5.88 Å². The Morgan fingerprint density at radius 3 is 2.52 bits per heavy atom. The lowest BCUT2D eigenvalue weighted by Gasteiger charge is -2.35. The molecule has 0 N–H and O–H groups in total. The smallest absolute Gasteiger partial charge is 0.232 e. The molecule has 0 spiro atoms. The van der Waals surface area contributed by atoms with E-state index in [-0.39, 0.29) is 6.10 Å². The van der Waals surface area contributed by atoms with Crippen molar-refractivity contribution in [2.24, 2.45) is 0 Å². The minimum absolute atomic E-state index is 0.106. The van der Waals surface area contributed by atoms with Crippen molar-refractivity contribution in [3.05, 3.63) is 42.4 Å². The van der Waals surface area contributed by atoms with Gasteiger partial charge in [-0.2, -0.15) is 0 Å². The molecule has 138 valence electrons. The average molecular weight is 365 g/mol. The summed E-state index contributed by atoms with van der Waals surface area (Å²) in [6, 6.07) is 5.35. The van der Waals surface area contributed by atoms with Crippen molar-refractivity contribution in [3.8, 4) is 29.1 Å². The minimum atomic E-state index is -0.436. The van der Waals surface area contributed by atoms with Crippen LogP contribution >= 0.6 is 0 Å².